The number of aryl methyl sites for hydroxylation is 2. The van der Waals surface area contributed by atoms with E-state index in [9.17, 15) is 9.59 Å². The Morgan fingerprint density at radius 1 is 1.12 bits per heavy atom. The molecule has 0 bridgehead atoms. The topological polar surface area (TPSA) is 76.0 Å². The first kappa shape index (κ1) is 18.7. The molecule has 1 aromatic carbocycles. The van der Waals surface area contributed by atoms with Gasteiger partial charge in [-0.3, -0.25) is 14.3 Å². The van der Waals surface area contributed by atoms with Crippen molar-refractivity contribution in [3.8, 4) is 0 Å². The van der Waals surface area contributed by atoms with Gasteiger partial charge in [-0.1, -0.05) is 32.9 Å². The lowest BCUT2D eigenvalue weighted by molar-refractivity contribution is 0.0944. The van der Waals surface area contributed by atoms with Crippen molar-refractivity contribution < 1.29 is 9.59 Å². The van der Waals surface area contributed by atoms with E-state index in [0.717, 1.165) is 6.42 Å². The molecule has 134 valence electrons. The smallest absolute Gasteiger partial charge is 0.273 e. The average Bonchev–Trinajstić information content (AvgIpc) is 3.02. The van der Waals surface area contributed by atoms with Crippen LogP contribution in [0.15, 0.2) is 30.5 Å². The van der Waals surface area contributed by atoms with Gasteiger partial charge >= 0.3 is 0 Å². The first-order chi connectivity index (χ1) is 11.9. The van der Waals surface area contributed by atoms with Crippen LogP contribution < -0.4 is 10.6 Å². The lowest BCUT2D eigenvalue weighted by atomic mass is 10.1. The van der Waals surface area contributed by atoms with E-state index >= 15 is 0 Å². The summed E-state index contributed by atoms with van der Waals surface area (Å²) in [6.07, 6.45) is 2.61. The Balaban J connectivity index is 2.18. The van der Waals surface area contributed by atoms with E-state index in [0.29, 0.717) is 30.3 Å². The largest absolute Gasteiger partial charge is 0.350 e. The van der Waals surface area contributed by atoms with Crippen LogP contribution in [-0.2, 0) is 13.0 Å². The normalized spacial score (nSPS) is 10.8. The molecule has 0 atom stereocenters. The van der Waals surface area contributed by atoms with Crippen molar-refractivity contribution in [2.45, 2.75) is 40.7 Å². The molecule has 0 radical (unpaired) electrons. The third-order valence-corrected chi connectivity index (χ3v) is 3.84. The van der Waals surface area contributed by atoms with E-state index in [4.69, 9.17) is 0 Å². The second kappa shape index (κ2) is 8.46. The number of hydrogen-bond donors (Lipinski definition) is 2. The molecule has 0 unspecified atom stereocenters. The Hall–Kier alpha value is -2.63. The summed E-state index contributed by atoms with van der Waals surface area (Å²) < 4.78 is 1.64. The van der Waals surface area contributed by atoms with Gasteiger partial charge in [0.25, 0.3) is 11.8 Å². The highest BCUT2D eigenvalue weighted by molar-refractivity contribution is 6.08. The lowest BCUT2D eigenvalue weighted by Crippen LogP contribution is -2.28. The molecule has 1 aromatic heterocycles. The SMILES string of the molecule is CCc1ccc(C(=O)Nc2cn(CC)nc2C(=O)NCC(C)C)cc1. The van der Waals surface area contributed by atoms with Gasteiger partial charge < -0.3 is 10.6 Å². The standard InChI is InChI=1S/C19H26N4O2/c1-5-14-7-9-15(10-8-14)18(24)21-16-12-23(6-2)22-17(16)19(25)20-11-13(3)4/h7-10,12-13H,5-6,11H2,1-4H3,(H,20,25)(H,21,24). The second-order valence-electron chi connectivity index (χ2n) is 6.36. The van der Waals surface area contributed by atoms with Crippen LogP contribution in [0.2, 0.25) is 0 Å². The Labute approximate surface area is 148 Å². The summed E-state index contributed by atoms with van der Waals surface area (Å²) in [6, 6.07) is 7.44. The third-order valence-electron chi connectivity index (χ3n) is 3.84. The van der Waals surface area contributed by atoms with E-state index in [1.807, 2.05) is 32.9 Å². The Kier molecular flexibility index (Phi) is 6.33. The number of nitrogens with zero attached hydrogens (tertiary/aromatic N) is 2. The van der Waals surface area contributed by atoms with Crippen LogP contribution in [-0.4, -0.2) is 28.1 Å². The Bertz CT molecular complexity index is 732. The van der Waals surface area contributed by atoms with Crippen LogP contribution in [0.5, 0.6) is 0 Å². The zero-order valence-electron chi connectivity index (χ0n) is 15.3. The number of amides is 2. The minimum Gasteiger partial charge on any atom is -0.350 e. The molecule has 0 saturated carbocycles. The summed E-state index contributed by atoms with van der Waals surface area (Å²) in [5.41, 5.74) is 2.38. The molecule has 2 N–H and O–H groups in total. The quantitative estimate of drug-likeness (QED) is 0.812. The van der Waals surface area contributed by atoms with E-state index in [-0.39, 0.29) is 17.5 Å². The van der Waals surface area contributed by atoms with Crippen molar-refractivity contribution in [3.63, 3.8) is 0 Å². The van der Waals surface area contributed by atoms with Gasteiger partial charge in [0.05, 0.1) is 5.69 Å². The van der Waals surface area contributed by atoms with Crippen LogP contribution in [0.4, 0.5) is 5.69 Å². The van der Waals surface area contributed by atoms with Gasteiger partial charge in [0.1, 0.15) is 0 Å². The fourth-order valence-corrected chi connectivity index (χ4v) is 2.31. The van der Waals surface area contributed by atoms with Gasteiger partial charge in [0.15, 0.2) is 5.69 Å². The van der Waals surface area contributed by atoms with Crippen molar-refractivity contribution in [3.05, 3.63) is 47.3 Å². The van der Waals surface area contributed by atoms with Gasteiger partial charge in [0.2, 0.25) is 0 Å². The minimum absolute atomic E-state index is 0.237. The number of rotatable bonds is 7. The van der Waals surface area contributed by atoms with Crippen molar-refractivity contribution in [1.29, 1.82) is 0 Å². The predicted octanol–water partition coefficient (Wildman–Crippen LogP) is 3.10. The number of hydrogen-bond acceptors (Lipinski definition) is 3. The molecular formula is C19H26N4O2. The summed E-state index contributed by atoms with van der Waals surface area (Å²) in [5.74, 6) is -0.193. The molecule has 25 heavy (non-hydrogen) atoms. The van der Waals surface area contributed by atoms with Crippen LogP contribution in [0.1, 0.15) is 54.1 Å². The monoisotopic (exact) mass is 342 g/mol. The highest BCUT2D eigenvalue weighted by atomic mass is 16.2. The fourth-order valence-electron chi connectivity index (χ4n) is 2.31. The molecule has 0 aliphatic rings. The molecule has 6 nitrogen and oxygen atoms in total. The predicted molar refractivity (Wildman–Crippen MR) is 98.8 cm³/mol. The molecule has 0 aliphatic heterocycles. The first-order valence-corrected chi connectivity index (χ1v) is 8.70. The van der Waals surface area contributed by atoms with E-state index < -0.39 is 0 Å². The molecule has 6 heteroatoms. The molecule has 1 heterocycles. The van der Waals surface area contributed by atoms with E-state index in [2.05, 4.69) is 22.7 Å². The van der Waals surface area contributed by atoms with Crippen LogP contribution in [0, 0.1) is 5.92 Å². The van der Waals surface area contributed by atoms with Crippen LogP contribution >= 0.6 is 0 Å². The molecule has 2 aromatic rings. The van der Waals surface area contributed by atoms with Crippen molar-refractivity contribution >= 4 is 17.5 Å². The summed E-state index contributed by atoms with van der Waals surface area (Å²) >= 11 is 0. The fraction of sp³-hybridized carbons (Fsp3) is 0.421. The van der Waals surface area contributed by atoms with E-state index in [1.165, 1.54) is 5.56 Å². The average molecular weight is 342 g/mol. The highest BCUT2D eigenvalue weighted by Gasteiger charge is 2.19. The number of carbonyl (C=O) groups excluding carboxylic acids is 2. The maximum absolute atomic E-state index is 12.5. The van der Waals surface area contributed by atoms with E-state index in [1.54, 1.807) is 23.0 Å². The summed E-state index contributed by atoms with van der Waals surface area (Å²) in [7, 11) is 0. The van der Waals surface area contributed by atoms with Crippen molar-refractivity contribution in [2.75, 3.05) is 11.9 Å². The van der Waals surface area contributed by atoms with Gasteiger partial charge in [-0.2, -0.15) is 5.10 Å². The van der Waals surface area contributed by atoms with Gasteiger partial charge in [-0.05, 0) is 37.0 Å². The van der Waals surface area contributed by atoms with Crippen molar-refractivity contribution in [2.24, 2.45) is 5.92 Å². The Morgan fingerprint density at radius 3 is 2.36 bits per heavy atom. The minimum atomic E-state index is -0.280. The molecule has 0 saturated heterocycles. The number of aromatic nitrogens is 2. The van der Waals surface area contributed by atoms with Gasteiger partial charge in [0, 0.05) is 24.8 Å². The third kappa shape index (κ3) is 4.92. The lowest BCUT2D eigenvalue weighted by Gasteiger charge is -2.08. The zero-order valence-corrected chi connectivity index (χ0v) is 15.3. The van der Waals surface area contributed by atoms with Crippen LogP contribution in [0.3, 0.4) is 0 Å². The molecule has 2 amide bonds. The number of carbonyl (C=O) groups is 2. The molecular weight excluding hydrogens is 316 g/mol. The maximum Gasteiger partial charge on any atom is 0.273 e. The summed E-state index contributed by atoms with van der Waals surface area (Å²) in [6.45, 7) is 9.21. The molecule has 0 aliphatic carbocycles. The maximum atomic E-state index is 12.5. The molecule has 0 spiro atoms. The first-order valence-electron chi connectivity index (χ1n) is 8.70. The Morgan fingerprint density at radius 2 is 1.80 bits per heavy atom. The van der Waals surface area contributed by atoms with Crippen molar-refractivity contribution in [1.82, 2.24) is 15.1 Å². The van der Waals surface area contributed by atoms with Crippen LogP contribution in [0.25, 0.3) is 0 Å². The number of nitrogens with one attached hydrogen (secondary N) is 2. The highest BCUT2D eigenvalue weighted by Crippen LogP contribution is 2.16. The summed E-state index contributed by atoms with van der Waals surface area (Å²) in [4.78, 5) is 24.8. The summed E-state index contributed by atoms with van der Waals surface area (Å²) in [5, 5.41) is 9.91. The van der Waals surface area contributed by atoms with Gasteiger partial charge in [-0.25, -0.2) is 0 Å². The number of benzene rings is 1. The molecule has 2 rings (SSSR count). The number of anilines is 1. The molecule has 0 fully saturated rings. The second-order valence-corrected chi connectivity index (χ2v) is 6.36. The van der Waals surface area contributed by atoms with Gasteiger partial charge in [-0.15, -0.1) is 0 Å². The zero-order chi connectivity index (χ0) is 18.4.